The molecule has 3 fully saturated rings. The van der Waals surface area contributed by atoms with E-state index in [1.807, 2.05) is 23.1 Å². The van der Waals surface area contributed by atoms with Crippen LogP contribution in [0, 0.1) is 5.41 Å². The first kappa shape index (κ1) is 18.9. The molecular formula is C22H33N3O2. The average Bonchev–Trinajstić information content (AvgIpc) is 3.06. The van der Waals surface area contributed by atoms with Crippen molar-refractivity contribution in [2.24, 2.45) is 5.41 Å². The first-order valence-corrected chi connectivity index (χ1v) is 10.6. The fraction of sp³-hybridized carbons (Fsp3) is 0.682. The van der Waals surface area contributed by atoms with Crippen molar-refractivity contribution < 1.29 is 9.90 Å². The fourth-order valence-corrected chi connectivity index (χ4v) is 5.23. The van der Waals surface area contributed by atoms with E-state index in [1.54, 1.807) is 0 Å². The summed E-state index contributed by atoms with van der Waals surface area (Å²) in [5.74, 6) is -0.0593. The Balaban J connectivity index is 1.35. The van der Waals surface area contributed by atoms with Crippen LogP contribution >= 0.6 is 0 Å². The molecule has 3 aliphatic heterocycles. The molecule has 27 heavy (non-hydrogen) atoms. The molecule has 1 amide bonds. The van der Waals surface area contributed by atoms with Crippen LogP contribution in [0.3, 0.4) is 0 Å². The van der Waals surface area contributed by atoms with Gasteiger partial charge in [0.15, 0.2) is 5.60 Å². The largest absolute Gasteiger partial charge is 0.379 e. The first-order valence-electron chi connectivity index (χ1n) is 10.6. The number of hydrogen-bond donors (Lipinski definition) is 2. The number of carbonyl (C=O) groups is 1. The minimum atomic E-state index is -1.20. The highest BCUT2D eigenvalue weighted by Crippen LogP contribution is 2.39. The second kappa shape index (κ2) is 7.90. The minimum Gasteiger partial charge on any atom is -0.379 e. The van der Waals surface area contributed by atoms with Crippen LogP contribution in [0.5, 0.6) is 0 Å². The summed E-state index contributed by atoms with van der Waals surface area (Å²) in [5, 5.41) is 14.7. The van der Waals surface area contributed by atoms with Crippen molar-refractivity contribution in [3.05, 3.63) is 35.9 Å². The van der Waals surface area contributed by atoms with Gasteiger partial charge in [0, 0.05) is 26.2 Å². The summed E-state index contributed by atoms with van der Waals surface area (Å²) < 4.78 is 0. The number of nitrogens with one attached hydrogen (secondary N) is 1. The molecule has 1 unspecified atom stereocenters. The number of likely N-dealkylation sites (tertiary alicyclic amines) is 2. The maximum atomic E-state index is 13.1. The third-order valence-electron chi connectivity index (χ3n) is 6.88. The van der Waals surface area contributed by atoms with E-state index in [0.29, 0.717) is 24.9 Å². The van der Waals surface area contributed by atoms with Gasteiger partial charge in [0.1, 0.15) is 0 Å². The SMILES string of the molecule is O=C1N(CCc2ccccc2)CCCC1(O)CN1CCC2(CCNCC2)C1. The molecule has 4 rings (SSSR count). The quantitative estimate of drug-likeness (QED) is 0.827. The minimum absolute atomic E-state index is 0.0593. The molecule has 2 N–H and O–H groups in total. The second-order valence-electron chi connectivity index (χ2n) is 8.87. The highest BCUT2D eigenvalue weighted by molar-refractivity contribution is 5.86. The van der Waals surface area contributed by atoms with Gasteiger partial charge in [0.05, 0.1) is 0 Å². The van der Waals surface area contributed by atoms with Crippen LogP contribution in [-0.2, 0) is 11.2 Å². The smallest absolute Gasteiger partial charge is 0.255 e. The summed E-state index contributed by atoms with van der Waals surface area (Å²) in [6.45, 7) is 6.22. The van der Waals surface area contributed by atoms with Crippen molar-refractivity contribution in [2.75, 3.05) is 45.8 Å². The Morgan fingerprint density at radius 1 is 1.04 bits per heavy atom. The van der Waals surface area contributed by atoms with Crippen LogP contribution in [0.4, 0.5) is 0 Å². The van der Waals surface area contributed by atoms with E-state index in [0.717, 1.165) is 45.6 Å². The fourth-order valence-electron chi connectivity index (χ4n) is 5.23. The molecule has 5 heteroatoms. The van der Waals surface area contributed by atoms with E-state index in [2.05, 4.69) is 22.3 Å². The lowest BCUT2D eigenvalue weighted by molar-refractivity contribution is -0.159. The average molecular weight is 372 g/mol. The molecule has 1 spiro atoms. The Hall–Kier alpha value is -1.43. The van der Waals surface area contributed by atoms with Crippen molar-refractivity contribution >= 4 is 5.91 Å². The van der Waals surface area contributed by atoms with Gasteiger partial charge in [0.2, 0.25) is 0 Å². The van der Waals surface area contributed by atoms with E-state index in [-0.39, 0.29) is 5.91 Å². The third-order valence-corrected chi connectivity index (χ3v) is 6.88. The van der Waals surface area contributed by atoms with Crippen molar-refractivity contribution in [3.63, 3.8) is 0 Å². The molecule has 0 radical (unpaired) electrons. The van der Waals surface area contributed by atoms with Gasteiger partial charge in [-0.3, -0.25) is 9.69 Å². The van der Waals surface area contributed by atoms with Gasteiger partial charge in [-0.15, -0.1) is 0 Å². The molecule has 1 aromatic rings. The van der Waals surface area contributed by atoms with Gasteiger partial charge in [0.25, 0.3) is 5.91 Å². The summed E-state index contributed by atoms with van der Waals surface area (Å²) in [5.41, 5.74) is 0.450. The number of rotatable bonds is 5. The van der Waals surface area contributed by atoms with Gasteiger partial charge in [-0.25, -0.2) is 0 Å². The Morgan fingerprint density at radius 3 is 2.59 bits per heavy atom. The van der Waals surface area contributed by atoms with Crippen LogP contribution in [0.15, 0.2) is 30.3 Å². The molecule has 3 aliphatic rings. The standard InChI is InChI=1S/C22H33N3O2/c26-20-22(27,18-24-16-11-21(17-24)9-12-23-13-10-21)8-4-14-25(20)15-7-19-5-2-1-3-6-19/h1-3,5-6,23,27H,4,7-18H2. The van der Waals surface area contributed by atoms with Gasteiger partial charge >= 0.3 is 0 Å². The summed E-state index contributed by atoms with van der Waals surface area (Å²) in [6, 6.07) is 10.3. The van der Waals surface area contributed by atoms with Crippen molar-refractivity contribution in [1.29, 1.82) is 0 Å². The maximum Gasteiger partial charge on any atom is 0.255 e. The highest BCUT2D eigenvalue weighted by Gasteiger charge is 2.46. The number of β-amino-alcohol motifs (C(OH)–C–C–N with tert-alkyl or cyclic N) is 1. The molecule has 0 aromatic heterocycles. The summed E-state index contributed by atoms with van der Waals surface area (Å²) >= 11 is 0. The van der Waals surface area contributed by atoms with Crippen molar-refractivity contribution in [2.45, 2.75) is 44.1 Å². The molecule has 0 bridgehead atoms. The number of nitrogens with zero attached hydrogens (tertiary/aromatic N) is 2. The monoisotopic (exact) mass is 371 g/mol. The van der Waals surface area contributed by atoms with E-state index in [4.69, 9.17) is 0 Å². The lowest BCUT2D eigenvalue weighted by atomic mass is 9.78. The van der Waals surface area contributed by atoms with Gasteiger partial charge < -0.3 is 15.3 Å². The van der Waals surface area contributed by atoms with Gasteiger partial charge in [-0.1, -0.05) is 30.3 Å². The highest BCUT2D eigenvalue weighted by atomic mass is 16.3. The normalized spacial score (nSPS) is 28.8. The van der Waals surface area contributed by atoms with Crippen LogP contribution in [-0.4, -0.2) is 72.2 Å². The predicted octanol–water partition coefficient (Wildman–Crippen LogP) is 1.66. The van der Waals surface area contributed by atoms with Crippen LogP contribution in [0.25, 0.3) is 0 Å². The Kier molecular flexibility index (Phi) is 5.53. The molecule has 1 aromatic carbocycles. The Bertz CT molecular complexity index is 644. The molecule has 0 aliphatic carbocycles. The predicted molar refractivity (Wildman–Crippen MR) is 107 cm³/mol. The topological polar surface area (TPSA) is 55.8 Å². The zero-order chi connectivity index (χ0) is 18.7. The van der Waals surface area contributed by atoms with Crippen LogP contribution < -0.4 is 5.32 Å². The number of aliphatic hydroxyl groups is 1. The molecule has 1 atom stereocenters. The number of amides is 1. The van der Waals surface area contributed by atoms with Crippen LogP contribution in [0.2, 0.25) is 0 Å². The third kappa shape index (κ3) is 4.20. The molecule has 148 valence electrons. The Labute approximate surface area is 162 Å². The zero-order valence-electron chi connectivity index (χ0n) is 16.3. The van der Waals surface area contributed by atoms with E-state index in [1.165, 1.54) is 24.8 Å². The summed E-state index contributed by atoms with van der Waals surface area (Å²) in [4.78, 5) is 17.3. The van der Waals surface area contributed by atoms with E-state index in [9.17, 15) is 9.90 Å². The molecule has 3 saturated heterocycles. The van der Waals surface area contributed by atoms with Crippen LogP contribution in [0.1, 0.15) is 37.7 Å². The second-order valence-corrected chi connectivity index (χ2v) is 8.87. The lowest BCUT2D eigenvalue weighted by Crippen LogP contribution is -2.58. The van der Waals surface area contributed by atoms with E-state index >= 15 is 0 Å². The Morgan fingerprint density at radius 2 is 1.81 bits per heavy atom. The summed E-state index contributed by atoms with van der Waals surface area (Å²) in [6.07, 6.45) is 5.98. The molecular weight excluding hydrogens is 338 g/mol. The van der Waals surface area contributed by atoms with E-state index < -0.39 is 5.60 Å². The van der Waals surface area contributed by atoms with Crippen molar-refractivity contribution in [1.82, 2.24) is 15.1 Å². The number of benzene rings is 1. The molecule has 0 saturated carbocycles. The first-order chi connectivity index (χ1) is 13.1. The zero-order valence-corrected chi connectivity index (χ0v) is 16.3. The molecule has 5 nitrogen and oxygen atoms in total. The van der Waals surface area contributed by atoms with Gasteiger partial charge in [-0.2, -0.15) is 0 Å². The number of hydrogen-bond acceptors (Lipinski definition) is 4. The number of piperidine rings is 2. The lowest BCUT2D eigenvalue weighted by Gasteiger charge is -2.41. The maximum absolute atomic E-state index is 13.1. The van der Waals surface area contributed by atoms with Gasteiger partial charge in [-0.05, 0) is 69.1 Å². The summed E-state index contributed by atoms with van der Waals surface area (Å²) in [7, 11) is 0. The number of carbonyl (C=O) groups excluding carboxylic acids is 1. The van der Waals surface area contributed by atoms with Crippen molar-refractivity contribution in [3.8, 4) is 0 Å². The molecule has 3 heterocycles.